The van der Waals surface area contributed by atoms with Crippen LogP contribution in [0.25, 0.3) is 0 Å². The second-order valence-electron chi connectivity index (χ2n) is 2.67. The van der Waals surface area contributed by atoms with Gasteiger partial charge in [0.1, 0.15) is 0 Å². The summed E-state index contributed by atoms with van der Waals surface area (Å²) in [5, 5.41) is 0. The molecule has 44 valence electrons. The standard InChI is InChI=1S/C6H11N.U/c1-6(2)4-7(3)5-6;/h1-2,4-5H2,3H3;/q-2;+2. The van der Waals surface area contributed by atoms with E-state index in [1.807, 2.05) is 0 Å². The van der Waals surface area contributed by atoms with Crippen LogP contribution in [0.1, 0.15) is 0 Å². The zero-order valence-electron chi connectivity index (χ0n) is 5.28. The van der Waals surface area contributed by atoms with E-state index in [2.05, 4.69) is 25.8 Å². The predicted octanol–water partition coefficient (Wildman–Crippen LogP) is 0.586. The van der Waals surface area contributed by atoms with Crippen molar-refractivity contribution in [1.29, 1.82) is 0 Å². The average Bonchev–Trinajstić information content (AvgIpc) is 1.27. The normalized spacial score (nSPS) is 25.9. The molecule has 0 N–H and O–H groups in total. The molecule has 0 bridgehead atoms. The molecule has 0 aliphatic carbocycles. The largest absolute Gasteiger partial charge is 2.00 e. The molecular formula is C6H11NU. The molecule has 0 radical (unpaired) electrons. The van der Waals surface area contributed by atoms with Gasteiger partial charge in [-0.15, -0.1) is 0 Å². The molecule has 0 aromatic heterocycles. The number of nitrogens with zero attached hydrogens (tertiary/aromatic N) is 1. The van der Waals surface area contributed by atoms with Gasteiger partial charge in [0, 0.05) is 0 Å². The van der Waals surface area contributed by atoms with Crippen LogP contribution in [0, 0.1) is 50.4 Å². The van der Waals surface area contributed by atoms with Gasteiger partial charge in [-0.3, -0.25) is 5.41 Å². The first-order valence-corrected chi connectivity index (χ1v) is 2.49. The summed E-state index contributed by atoms with van der Waals surface area (Å²) in [6.45, 7) is 9.84. The van der Waals surface area contributed by atoms with E-state index >= 15 is 0 Å². The Morgan fingerprint density at radius 2 is 1.75 bits per heavy atom. The Morgan fingerprint density at radius 1 is 1.38 bits per heavy atom. The zero-order valence-corrected chi connectivity index (χ0v) is 9.44. The maximum atomic E-state index is 3.87. The van der Waals surface area contributed by atoms with E-state index < -0.39 is 0 Å². The van der Waals surface area contributed by atoms with Crippen LogP contribution in [0.2, 0.25) is 0 Å². The number of likely N-dealkylation sites (tertiary alicyclic amines) is 1. The van der Waals surface area contributed by atoms with E-state index in [0.717, 1.165) is 13.1 Å². The number of rotatable bonds is 0. The molecule has 1 aliphatic rings. The van der Waals surface area contributed by atoms with Crippen molar-refractivity contribution >= 4 is 0 Å². The summed E-state index contributed by atoms with van der Waals surface area (Å²) in [6.07, 6.45) is 0. The van der Waals surface area contributed by atoms with Gasteiger partial charge in [0.05, 0.1) is 0 Å². The second kappa shape index (κ2) is 2.73. The minimum Gasteiger partial charge on any atom is -0.364 e. The van der Waals surface area contributed by atoms with E-state index in [4.69, 9.17) is 0 Å². The Balaban J connectivity index is 0.000000490. The maximum absolute atomic E-state index is 3.87. The summed E-state index contributed by atoms with van der Waals surface area (Å²) in [5.74, 6) is 0. The van der Waals surface area contributed by atoms with Gasteiger partial charge in [-0.1, -0.05) is 0 Å². The minimum absolute atomic E-state index is 0. The monoisotopic (exact) mass is 335 g/mol. The van der Waals surface area contributed by atoms with Crippen LogP contribution < -0.4 is 0 Å². The van der Waals surface area contributed by atoms with Crippen molar-refractivity contribution in [2.45, 2.75) is 0 Å². The Morgan fingerprint density at radius 3 is 1.75 bits per heavy atom. The second-order valence-corrected chi connectivity index (χ2v) is 2.67. The van der Waals surface area contributed by atoms with E-state index in [0.29, 0.717) is 0 Å². The van der Waals surface area contributed by atoms with E-state index in [1.165, 1.54) is 0 Å². The molecule has 0 spiro atoms. The first kappa shape index (κ1) is 9.01. The summed E-state index contributed by atoms with van der Waals surface area (Å²) in [6, 6.07) is 0. The van der Waals surface area contributed by atoms with Crippen molar-refractivity contribution < 1.29 is 31.1 Å². The molecular weight excluding hydrogens is 324 g/mol. The van der Waals surface area contributed by atoms with Crippen molar-refractivity contribution in [2.24, 2.45) is 5.41 Å². The van der Waals surface area contributed by atoms with Crippen LogP contribution in [0.15, 0.2) is 0 Å². The molecule has 1 fully saturated rings. The van der Waals surface area contributed by atoms with Gasteiger partial charge in [0.15, 0.2) is 0 Å². The van der Waals surface area contributed by atoms with E-state index in [1.54, 1.807) is 0 Å². The Bertz CT molecular complexity index is 72.6. The molecule has 1 rings (SSSR count). The smallest absolute Gasteiger partial charge is 0.364 e. The molecule has 0 aromatic carbocycles. The van der Waals surface area contributed by atoms with Gasteiger partial charge < -0.3 is 18.7 Å². The topological polar surface area (TPSA) is 3.24 Å². The Labute approximate surface area is 75.2 Å². The summed E-state index contributed by atoms with van der Waals surface area (Å²) >= 11 is 0. The van der Waals surface area contributed by atoms with Crippen molar-refractivity contribution in [3.8, 4) is 0 Å². The molecule has 8 heavy (non-hydrogen) atoms. The van der Waals surface area contributed by atoms with E-state index in [-0.39, 0.29) is 36.5 Å². The first-order chi connectivity index (χ1) is 3.10. The molecule has 1 aliphatic heterocycles. The van der Waals surface area contributed by atoms with Gasteiger partial charge in [-0.2, -0.15) is 0 Å². The predicted molar refractivity (Wildman–Crippen MR) is 30.6 cm³/mol. The fourth-order valence-electron chi connectivity index (χ4n) is 1.10. The molecule has 1 saturated heterocycles. The van der Waals surface area contributed by atoms with Crippen molar-refractivity contribution in [3.05, 3.63) is 13.8 Å². The zero-order chi connectivity index (χ0) is 5.49. The SMILES string of the molecule is [CH2-]C1([CH2-])CN(C)C1.[U+2]. The quantitative estimate of drug-likeness (QED) is 0.586. The molecule has 0 unspecified atom stereocenters. The average molecular weight is 335 g/mol. The fraction of sp³-hybridized carbons (Fsp3) is 0.667. The number of hydrogen-bond donors (Lipinski definition) is 0. The minimum atomic E-state index is 0. The van der Waals surface area contributed by atoms with Gasteiger partial charge in [-0.25, -0.2) is 0 Å². The fourth-order valence-corrected chi connectivity index (χ4v) is 1.10. The van der Waals surface area contributed by atoms with Gasteiger partial charge >= 0.3 is 31.1 Å². The summed E-state index contributed by atoms with van der Waals surface area (Å²) < 4.78 is 0. The van der Waals surface area contributed by atoms with Crippen LogP contribution in [0.4, 0.5) is 0 Å². The van der Waals surface area contributed by atoms with Crippen LogP contribution in [-0.2, 0) is 0 Å². The van der Waals surface area contributed by atoms with Crippen molar-refractivity contribution in [1.82, 2.24) is 4.90 Å². The molecule has 0 aromatic rings. The van der Waals surface area contributed by atoms with Crippen LogP contribution in [0.5, 0.6) is 0 Å². The Hall–Kier alpha value is 1.01. The van der Waals surface area contributed by atoms with Crippen LogP contribution in [-0.4, -0.2) is 25.0 Å². The number of hydrogen-bond acceptors (Lipinski definition) is 1. The molecule has 0 saturated carbocycles. The van der Waals surface area contributed by atoms with Gasteiger partial charge in [0.25, 0.3) is 0 Å². The van der Waals surface area contributed by atoms with Crippen LogP contribution in [0.3, 0.4) is 0 Å². The van der Waals surface area contributed by atoms with Crippen molar-refractivity contribution in [2.75, 3.05) is 20.1 Å². The summed E-state index contributed by atoms with van der Waals surface area (Å²) in [7, 11) is 2.08. The molecule has 0 amide bonds. The van der Waals surface area contributed by atoms with Gasteiger partial charge in [0.2, 0.25) is 0 Å². The third-order valence-electron chi connectivity index (χ3n) is 1.21. The third-order valence-corrected chi connectivity index (χ3v) is 1.21. The third kappa shape index (κ3) is 2.09. The maximum Gasteiger partial charge on any atom is 2.00 e. The first-order valence-electron chi connectivity index (χ1n) is 2.49. The van der Waals surface area contributed by atoms with Crippen molar-refractivity contribution in [3.63, 3.8) is 0 Å². The summed E-state index contributed by atoms with van der Waals surface area (Å²) in [5.41, 5.74) is 0.120. The van der Waals surface area contributed by atoms with Gasteiger partial charge in [-0.05, 0) is 20.1 Å². The molecule has 1 heterocycles. The molecule has 0 atom stereocenters. The Kier molecular flexibility index (Phi) is 3.08. The molecule has 2 heteroatoms. The molecule has 1 nitrogen and oxygen atoms in total. The van der Waals surface area contributed by atoms with E-state index in [9.17, 15) is 0 Å². The van der Waals surface area contributed by atoms with Crippen LogP contribution >= 0.6 is 0 Å². The summed E-state index contributed by atoms with van der Waals surface area (Å²) in [4.78, 5) is 2.21.